The summed E-state index contributed by atoms with van der Waals surface area (Å²) in [6.07, 6.45) is 5.77. The molecule has 2 N–H and O–H groups in total. The SMILES string of the molecule is CC[C@@H](N[C@@H](CCCCc1ccccc1)C(=O)NC1(C#N)CC1)c1ccc(F)cc1. The maximum absolute atomic E-state index is 13.3. The summed E-state index contributed by atoms with van der Waals surface area (Å²) in [6, 6.07) is 18.5. The average Bonchev–Trinajstić information content (AvgIpc) is 3.54. The van der Waals surface area contributed by atoms with Crippen molar-refractivity contribution >= 4 is 5.91 Å². The Kier molecular flexibility index (Phi) is 7.59. The zero-order valence-corrected chi connectivity index (χ0v) is 17.5. The third kappa shape index (κ3) is 6.14. The lowest BCUT2D eigenvalue weighted by Crippen LogP contribution is -2.49. The van der Waals surface area contributed by atoms with E-state index in [4.69, 9.17) is 0 Å². The molecule has 4 nitrogen and oxygen atoms in total. The van der Waals surface area contributed by atoms with Crippen molar-refractivity contribution in [1.82, 2.24) is 10.6 Å². The smallest absolute Gasteiger partial charge is 0.238 e. The molecule has 1 aliphatic carbocycles. The zero-order valence-electron chi connectivity index (χ0n) is 17.5. The molecular weight excluding hydrogens is 377 g/mol. The Hall–Kier alpha value is -2.71. The number of halogens is 1. The van der Waals surface area contributed by atoms with Crippen molar-refractivity contribution in [3.05, 3.63) is 71.5 Å². The van der Waals surface area contributed by atoms with Crippen LogP contribution in [-0.2, 0) is 11.2 Å². The molecule has 1 amide bonds. The number of nitrogens with zero attached hydrogens (tertiary/aromatic N) is 1. The van der Waals surface area contributed by atoms with Crippen LogP contribution >= 0.6 is 0 Å². The number of hydrogen-bond donors (Lipinski definition) is 2. The molecule has 30 heavy (non-hydrogen) atoms. The third-order valence-corrected chi connectivity index (χ3v) is 5.78. The average molecular weight is 408 g/mol. The summed E-state index contributed by atoms with van der Waals surface area (Å²) in [6.45, 7) is 2.04. The van der Waals surface area contributed by atoms with Gasteiger partial charge in [-0.15, -0.1) is 0 Å². The molecule has 1 aliphatic rings. The molecule has 1 saturated carbocycles. The number of nitrogens with one attached hydrogen (secondary N) is 2. The normalized spacial score (nSPS) is 16.3. The van der Waals surface area contributed by atoms with Gasteiger partial charge in [-0.3, -0.25) is 10.1 Å². The standard InChI is InChI=1S/C25H30FN3O/c1-2-22(20-12-14-21(26)15-13-20)28-23(24(30)29-25(18-27)16-17-25)11-7-6-10-19-8-4-3-5-9-19/h3-5,8-9,12-15,22-23,28H,2,6-7,10-11,16-17H2,1H3,(H,29,30)/t22-,23+/m1/s1. The Balaban J connectivity index is 1.62. The number of aryl methyl sites for hydroxylation is 1. The van der Waals surface area contributed by atoms with Gasteiger partial charge in [0.05, 0.1) is 12.1 Å². The maximum Gasteiger partial charge on any atom is 0.238 e. The first kappa shape index (κ1) is 22.0. The quantitative estimate of drug-likeness (QED) is 0.525. The van der Waals surface area contributed by atoms with Gasteiger partial charge in [-0.05, 0) is 61.8 Å². The van der Waals surface area contributed by atoms with Crippen molar-refractivity contribution in [3.8, 4) is 6.07 Å². The van der Waals surface area contributed by atoms with E-state index in [1.807, 2.05) is 25.1 Å². The van der Waals surface area contributed by atoms with Crippen molar-refractivity contribution in [2.45, 2.75) is 69.5 Å². The number of hydrogen-bond acceptors (Lipinski definition) is 3. The van der Waals surface area contributed by atoms with E-state index >= 15 is 0 Å². The predicted octanol–water partition coefficient (Wildman–Crippen LogP) is 4.82. The van der Waals surface area contributed by atoms with Crippen LogP contribution in [0.3, 0.4) is 0 Å². The van der Waals surface area contributed by atoms with Gasteiger partial charge in [-0.2, -0.15) is 5.26 Å². The molecule has 0 bridgehead atoms. The van der Waals surface area contributed by atoms with E-state index in [1.54, 1.807) is 12.1 Å². The minimum absolute atomic E-state index is 0.0484. The van der Waals surface area contributed by atoms with E-state index in [2.05, 4.69) is 28.8 Å². The molecule has 3 rings (SSSR count). The summed E-state index contributed by atoms with van der Waals surface area (Å²) < 4.78 is 13.3. The number of carbonyl (C=O) groups excluding carboxylic acids is 1. The van der Waals surface area contributed by atoms with Gasteiger partial charge in [0.2, 0.25) is 5.91 Å². The molecule has 0 aliphatic heterocycles. The maximum atomic E-state index is 13.3. The van der Waals surface area contributed by atoms with Gasteiger partial charge in [0, 0.05) is 6.04 Å². The second-order valence-electron chi connectivity index (χ2n) is 8.15. The first-order valence-electron chi connectivity index (χ1n) is 10.8. The van der Waals surface area contributed by atoms with Crippen LogP contribution in [0.15, 0.2) is 54.6 Å². The van der Waals surface area contributed by atoms with Crippen molar-refractivity contribution in [2.24, 2.45) is 0 Å². The molecule has 2 atom stereocenters. The van der Waals surface area contributed by atoms with Crippen LogP contribution < -0.4 is 10.6 Å². The van der Waals surface area contributed by atoms with Crippen molar-refractivity contribution < 1.29 is 9.18 Å². The molecule has 0 radical (unpaired) electrons. The van der Waals surface area contributed by atoms with Gasteiger partial charge in [0.1, 0.15) is 11.4 Å². The first-order valence-corrected chi connectivity index (χ1v) is 10.8. The van der Waals surface area contributed by atoms with Crippen molar-refractivity contribution in [2.75, 3.05) is 0 Å². The highest BCUT2D eigenvalue weighted by Gasteiger charge is 2.45. The fourth-order valence-corrected chi connectivity index (χ4v) is 3.71. The number of carbonyl (C=O) groups is 1. The minimum atomic E-state index is -0.682. The molecule has 2 aromatic rings. The van der Waals surface area contributed by atoms with Gasteiger partial charge in [0.25, 0.3) is 0 Å². The molecule has 5 heteroatoms. The number of nitriles is 1. The lowest BCUT2D eigenvalue weighted by molar-refractivity contribution is -0.124. The number of amides is 1. The molecule has 158 valence electrons. The molecule has 0 aromatic heterocycles. The number of unbranched alkanes of at least 4 members (excludes halogenated alkanes) is 1. The highest BCUT2D eigenvalue weighted by molar-refractivity contribution is 5.83. The summed E-state index contributed by atoms with van der Waals surface area (Å²) in [7, 11) is 0. The topological polar surface area (TPSA) is 64.9 Å². The number of rotatable bonds is 11. The fourth-order valence-electron chi connectivity index (χ4n) is 3.71. The monoisotopic (exact) mass is 407 g/mol. The summed E-state index contributed by atoms with van der Waals surface area (Å²) >= 11 is 0. The fraction of sp³-hybridized carbons (Fsp3) is 0.440. The van der Waals surface area contributed by atoms with Crippen LogP contribution in [-0.4, -0.2) is 17.5 Å². The van der Waals surface area contributed by atoms with Gasteiger partial charge in [-0.1, -0.05) is 55.8 Å². The molecule has 1 fully saturated rings. The van der Waals surface area contributed by atoms with Gasteiger partial charge < -0.3 is 5.32 Å². The van der Waals surface area contributed by atoms with Crippen LogP contribution in [0.1, 0.15) is 62.6 Å². The lowest BCUT2D eigenvalue weighted by Gasteiger charge is -2.26. The predicted molar refractivity (Wildman–Crippen MR) is 116 cm³/mol. The highest BCUT2D eigenvalue weighted by Crippen LogP contribution is 2.34. The Morgan fingerprint density at radius 3 is 2.43 bits per heavy atom. The summed E-state index contributed by atoms with van der Waals surface area (Å²) in [5.74, 6) is -0.386. The molecule has 0 saturated heterocycles. The second-order valence-corrected chi connectivity index (χ2v) is 8.15. The molecular formula is C25H30FN3O. The van der Waals surface area contributed by atoms with E-state index < -0.39 is 5.54 Å². The summed E-state index contributed by atoms with van der Waals surface area (Å²) in [5.41, 5.74) is 1.58. The highest BCUT2D eigenvalue weighted by atomic mass is 19.1. The van der Waals surface area contributed by atoms with E-state index in [0.29, 0.717) is 19.3 Å². The van der Waals surface area contributed by atoms with Crippen LogP contribution in [0.25, 0.3) is 0 Å². The molecule has 2 aromatic carbocycles. The van der Waals surface area contributed by atoms with Gasteiger partial charge >= 0.3 is 0 Å². The van der Waals surface area contributed by atoms with Crippen LogP contribution in [0.2, 0.25) is 0 Å². The number of benzene rings is 2. The third-order valence-electron chi connectivity index (χ3n) is 5.78. The van der Waals surface area contributed by atoms with Crippen molar-refractivity contribution in [3.63, 3.8) is 0 Å². The van der Waals surface area contributed by atoms with Crippen molar-refractivity contribution in [1.29, 1.82) is 5.26 Å². The van der Waals surface area contributed by atoms with Gasteiger partial charge in [0.15, 0.2) is 0 Å². The molecule has 0 unspecified atom stereocenters. The Labute approximate surface area is 178 Å². The summed E-state index contributed by atoms with van der Waals surface area (Å²) in [4.78, 5) is 13.0. The second kappa shape index (κ2) is 10.4. The van der Waals surface area contributed by atoms with Crippen LogP contribution in [0.4, 0.5) is 4.39 Å². The largest absolute Gasteiger partial charge is 0.336 e. The lowest BCUT2D eigenvalue weighted by atomic mass is 9.99. The van der Waals surface area contributed by atoms with E-state index in [9.17, 15) is 14.4 Å². The van der Waals surface area contributed by atoms with E-state index in [0.717, 1.165) is 31.2 Å². The molecule has 0 spiro atoms. The van der Waals surface area contributed by atoms with E-state index in [-0.39, 0.29) is 23.8 Å². The van der Waals surface area contributed by atoms with Gasteiger partial charge in [-0.25, -0.2) is 4.39 Å². The summed E-state index contributed by atoms with van der Waals surface area (Å²) in [5, 5.41) is 15.8. The molecule has 0 heterocycles. The Bertz CT molecular complexity index is 856. The minimum Gasteiger partial charge on any atom is -0.336 e. The van der Waals surface area contributed by atoms with Crippen LogP contribution in [0.5, 0.6) is 0 Å². The Morgan fingerprint density at radius 2 is 1.83 bits per heavy atom. The van der Waals surface area contributed by atoms with Crippen LogP contribution in [0, 0.1) is 17.1 Å². The Morgan fingerprint density at radius 1 is 1.13 bits per heavy atom. The first-order chi connectivity index (χ1) is 14.5. The van der Waals surface area contributed by atoms with E-state index in [1.165, 1.54) is 17.7 Å². The zero-order chi connectivity index (χ0) is 21.4.